The Morgan fingerprint density at radius 1 is 1.16 bits per heavy atom. The summed E-state index contributed by atoms with van der Waals surface area (Å²) in [7, 11) is 0. The number of hydrogen-bond donors (Lipinski definition) is 1. The van der Waals surface area contributed by atoms with Crippen LogP contribution in [0, 0.1) is 0 Å². The van der Waals surface area contributed by atoms with Crippen LogP contribution in [0.2, 0.25) is 5.02 Å². The number of hydrogen-bond acceptors (Lipinski definition) is 5. The van der Waals surface area contributed by atoms with Crippen molar-refractivity contribution in [2.75, 3.05) is 0 Å². The summed E-state index contributed by atoms with van der Waals surface area (Å²) >= 11 is 6.21. The van der Waals surface area contributed by atoms with E-state index in [0.717, 1.165) is 17.1 Å². The minimum absolute atomic E-state index is 0.0718. The molecule has 0 bridgehead atoms. The van der Waals surface area contributed by atoms with Crippen molar-refractivity contribution in [3.05, 3.63) is 58.9 Å². The molecule has 2 aromatic heterocycles. The third-order valence-corrected chi connectivity index (χ3v) is 4.20. The summed E-state index contributed by atoms with van der Waals surface area (Å²) < 4.78 is 11.2. The Bertz CT molecular complexity index is 848. The zero-order valence-electron chi connectivity index (χ0n) is 14.8. The number of nitrogens with zero attached hydrogens (tertiary/aromatic N) is 2. The van der Waals surface area contributed by atoms with Crippen molar-refractivity contribution in [1.82, 2.24) is 15.5 Å². The van der Waals surface area contributed by atoms with E-state index in [4.69, 9.17) is 20.5 Å². The van der Waals surface area contributed by atoms with Crippen LogP contribution in [0.5, 0.6) is 0 Å². The summed E-state index contributed by atoms with van der Waals surface area (Å²) in [5, 5.41) is 8.06. The van der Waals surface area contributed by atoms with Gasteiger partial charge in [0.2, 0.25) is 5.89 Å². The molecule has 1 unspecified atom stereocenters. The molecule has 6 heteroatoms. The summed E-state index contributed by atoms with van der Waals surface area (Å²) in [6.07, 6.45) is 0. The minimum Gasteiger partial charge on any atom is -0.460 e. The van der Waals surface area contributed by atoms with Gasteiger partial charge < -0.3 is 8.94 Å². The zero-order valence-corrected chi connectivity index (χ0v) is 15.6. The molecule has 132 valence electrons. The van der Waals surface area contributed by atoms with Gasteiger partial charge in [-0.05, 0) is 31.2 Å². The molecular formula is C19H22ClN3O2. The van der Waals surface area contributed by atoms with Gasteiger partial charge in [0.1, 0.15) is 11.5 Å². The van der Waals surface area contributed by atoms with E-state index in [2.05, 4.69) is 36.2 Å². The number of furan rings is 1. The predicted octanol–water partition coefficient (Wildman–Crippen LogP) is 5.13. The molecule has 25 heavy (non-hydrogen) atoms. The lowest BCUT2D eigenvalue weighted by molar-refractivity contribution is 0.326. The van der Waals surface area contributed by atoms with Crippen molar-refractivity contribution < 1.29 is 8.94 Å². The van der Waals surface area contributed by atoms with Crippen LogP contribution in [0.4, 0.5) is 0 Å². The monoisotopic (exact) mass is 359 g/mol. The number of benzene rings is 1. The fourth-order valence-electron chi connectivity index (χ4n) is 2.34. The van der Waals surface area contributed by atoms with Crippen molar-refractivity contribution in [3.63, 3.8) is 0 Å². The summed E-state index contributed by atoms with van der Waals surface area (Å²) in [6.45, 7) is 8.70. The van der Waals surface area contributed by atoms with E-state index in [1.165, 1.54) is 0 Å². The molecule has 0 aliphatic heterocycles. The van der Waals surface area contributed by atoms with E-state index in [9.17, 15) is 0 Å². The standard InChI is InChI=1S/C19H22ClN3O2/c1-12(17-22-18(23-25-17)19(2,3)4)21-11-13-9-10-16(24-13)14-7-5-6-8-15(14)20/h5-10,12,21H,11H2,1-4H3. The van der Waals surface area contributed by atoms with Crippen molar-refractivity contribution >= 4 is 11.6 Å². The van der Waals surface area contributed by atoms with Gasteiger partial charge in [-0.1, -0.05) is 49.7 Å². The van der Waals surface area contributed by atoms with Gasteiger partial charge in [-0.25, -0.2) is 0 Å². The Balaban J connectivity index is 1.64. The second-order valence-corrected chi connectivity index (χ2v) is 7.46. The molecule has 1 N–H and O–H groups in total. The third-order valence-electron chi connectivity index (χ3n) is 3.87. The molecule has 1 atom stereocenters. The molecule has 2 heterocycles. The first-order valence-corrected chi connectivity index (χ1v) is 8.63. The predicted molar refractivity (Wildman–Crippen MR) is 97.4 cm³/mol. The number of nitrogens with one attached hydrogen (secondary N) is 1. The summed E-state index contributed by atoms with van der Waals surface area (Å²) in [5.74, 6) is 2.85. The maximum Gasteiger partial charge on any atom is 0.243 e. The van der Waals surface area contributed by atoms with Crippen LogP contribution in [-0.4, -0.2) is 10.1 Å². The Labute approximate surface area is 152 Å². The lowest BCUT2D eigenvalue weighted by Crippen LogP contribution is -2.19. The van der Waals surface area contributed by atoms with Gasteiger partial charge in [-0.2, -0.15) is 4.98 Å². The lowest BCUT2D eigenvalue weighted by Gasteiger charge is -2.11. The largest absolute Gasteiger partial charge is 0.460 e. The van der Waals surface area contributed by atoms with Crippen molar-refractivity contribution in [3.8, 4) is 11.3 Å². The Morgan fingerprint density at radius 2 is 1.92 bits per heavy atom. The fraction of sp³-hybridized carbons (Fsp3) is 0.368. The normalized spacial score (nSPS) is 13.2. The van der Waals surface area contributed by atoms with Crippen LogP contribution in [0.15, 0.2) is 45.3 Å². The smallest absolute Gasteiger partial charge is 0.243 e. The number of halogens is 1. The fourth-order valence-corrected chi connectivity index (χ4v) is 2.56. The van der Waals surface area contributed by atoms with E-state index >= 15 is 0 Å². The topological polar surface area (TPSA) is 64.1 Å². The molecule has 0 saturated carbocycles. The molecule has 1 aromatic carbocycles. The maximum absolute atomic E-state index is 6.21. The van der Waals surface area contributed by atoms with Crippen molar-refractivity contribution in [2.45, 2.75) is 45.7 Å². The van der Waals surface area contributed by atoms with E-state index in [0.29, 0.717) is 23.3 Å². The molecule has 0 saturated heterocycles. The number of rotatable bonds is 5. The minimum atomic E-state index is -0.133. The average molecular weight is 360 g/mol. The lowest BCUT2D eigenvalue weighted by atomic mass is 9.96. The second kappa shape index (κ2) is 7.02. The van der Waals surface area contributed by atoms with Gasteiger partial charge in [-0.3, -0.25) is 5.32 Å². The van der Waals surface area contributed by atoms with Crippen LogP contribution >= 0.6 is 11.6 Å². The highest BCUT2D eigenvalue weighted by Crippen LogP contribution is 2.29. The summed E-state index contributed by atoms with van der Waals surface area (Å²) in [4.78, 5) is 4.47. The highest BCUT2D eigenvalue weighted by Gasteiger charge is 2.23. The van der Waals surface area contributed by atoms with Crippen molar-refractivity contribution in [1.29, 1.82) is 0 Å². The number of aromatic nitrogens is 2. The Hall–Kier alpha value is -2.11. The van der Waals surface area contributed by atoms with Crippen molar-refractivity contribution in [2.24, 2.45) is 0 Å². The SMILES string of the molecule is CC(NCc1ccc(-c2ccccc2Cl)o1)c1nc(C(C)(C)C)no1. The van der Waals surface area contributed by atoms with Gasteiger partial charge in [0.25, 0.3) is 0 Å². The van der Waals surface area contributed by atoms with Crippen LogP contribution in [0.25, 0.3) is 11.3 Å². The highest BCUT2D eigenvalue weighted by atomic mass is 35.5. The summed E-state index contributed by atoms with van der Waals surface area (Å²) in [6, 6.07) is 11.4. The maximum atomic E-state index is 6.21. The van der Waals surface area contributed by atoms with Gasteiger partial charge >= 0.3 is 0 Å². The Morgan fingerprint density at radius 3 is 2.60 bits per heavy atom. The molecule has 0 aliphatic carbocycles. The zero-order chi connectivity index (χ0) is 18.0. The van der Waals surface area contributed by atoms with Crippen LogP contribution < -0.4 is 5.32 Å². The van der Waals surface area contributed by atoms with Gasteiger partial charge in [-0.15, -0.1) is 0 Å². The molecule has 3 rings (SSSR count). The molecule has 0 spiro atoms. The van der Waals surface area contributed by atoms with Crippen LogP contribution in [-0.2, 0) is 12.0 Å². The molecule has 0 aliphatic rings. The first-order chi connectivity index (χ1) is 11.8. The first kappa shape index (κ1) is 17.7. The van der Waals surface area contributed by atoms with Gasteiger partial charge in [0, 0.05) is 11.0 Å². The first-order valence-electron chi connectivity index (χ1n) is 8.25. The highest BCUT2D eigenvalue weighted by molar-refractivity contribution is 6.33. The van der Waals surface area contributed by atoms with Gasteiger partial charge in [0.05, 0.1) is 17.6 Å². The molecule has 0 fully saturated rings. The second-order valence-electron chi connectivity index (χ2n) is 7.05. The van der Waals surface area contributed by atoms with Crippen LogP contribution in [0.3, 0.4) is 0 Å². The van der Waals surface area contributed by atoms with E-state index < -0.39 is 0 Å². The van der Waals surface area contributed by atoms with Crippen LogP contribution in [0.1, 0.15) is 51.2 Å². The molecule has 3 aromatic rings. The van der Waals surface area contributed by atoms with E-state index in [1.54, 1.807) is 0 Å². The third kappa shape index (κ3) is 4.11. The van der Waals surface area contributed by atoms with E-state index in [-0.39, 0.29) is 11.5 Å². The van der Waals surface area contributed by atoms with Gasteiger partial charge in [0.15, 0.2) is 5.82 Å². The molecule has 5 nitrogen and oxygen atoms in total. The average Bonchev–Trinajstić information content (AvgIpc) is 3.22. The Kier molecular flexibility index (Phi) is 4.97. The molecule has 0 amide bonds. The molecule has 0 radical (unpaired) electrons. The quantitative estimate of drug-likeness (QED) is 0.684. The summed E-state index contributed by atoms with van der Waals surface area (Å²) in [5.41, 5.74) is 0.752. The van der Waals surface area contributed by atoms with E-state index in [1.807, 2.05) is 43.3 Å². The molecular weight excluding hydrogens is 338 g/mol.